The van der Waals surface area contributed by atoms with Crippen molar-refractivity contribution in [1.29, 1.82) is 0 Å². The van der Waals surface area contributed by atoms with E-state index in [-0.39, 0.29) is 5.91 Å². The van der Waals surface area contributed by atoms with Gasteiger partial charge in [0.2, 0.25) is 0 Å². The highest BCUT2D eigenvalue weighted by molar-refractivity contribution is 5.93. The molecule has 1 unspecified atom stereocenters. The maximum Gasteiger partial charge on any atom is 0.253 e. The van der Waals surface area contributed by atoms with Gasteiger partial charge >= 0.3 is 0 Å². The number of rotatable bonds is 7. The minimum Gasteiger partial charge on any atom is -0.355 e. The molecule has 1 aliphatic rings. The van der Waals surface area contributed by atoms with E-state index in [0.29, 0.717) is 24.1 Å². The van der Waals surface area contributed by atoms with Crippen LogP contribution in [0.25, 0.3) is 0 Å². The summed E-state index contributed by atoms with van der Waals surface area (Å²) in [4.78, 5) is 20.6. The lowest BCUT2D eigenvalue weighted by Crippen LogP contribution is -2.50. The molecule has 3 rings (SSSR count). The van der Waals surface area contributed by atoms with E-state index in [1.54, 1.807) is 26.0 Å². The van der Waals surface area contributed by atoms with Crippen LogP contribution >= 0.6 is 0 Å². The maximum absolute atomic E-state index is 12.0. The predicted molar refractivity (Wildman–Crippen MR) is 132 cm³/mol. The molecular weight excluding hydrogens is 398 g/mol. The predicted octanol–water partition coefficient (Wildman–Crippen LogP) is 3.14. The summed E-state index contributed by atoms with van der Waals surface area (Å²) in [5.41, 5.74) is 4.73. The molecule has 0 fully saturated rings. The van der Waals surface area contributed by atoms with Gasteiger partial charge in [0.05, 0.1) is 0 Å². The summed E-state index contributed by atoms with van der Waals surface area (Å²) in [5.74, 6) is 1.34. The van der Waals surface area contributed by atoms with Crippen LogP contribution in [0.3, 0.4) is 0 Å². The van der Waals surface area contributed by atoms with Crippen LogP contribution in [0.1, 0.15) is 40.9 Å². The number of nitrogens with one attached hydrogen (secondary N) is 2. The number of benzene rings is 2. The third kappa shape index (κ3) is 6.10. The molecule has 2 aromatic rings. The fraction of sp³-hybridized carbons (Fsp3) is 0.462. The summed E-state index contributed by atoms with van der Waals surface area (Å²) in [6.07, 6.45) is 1.11. The van der Waals surface area contributed by atoms with Crippen LogP contribution in [0.5, 0.6) is 0 Å². The highest BCUT2D eigenvalue weighted by Gasteiger charge is 2.25. The normalized spacial score (nSPS) is 15.2. The Morgan fingerprint density at radius 2 is 1.75 bits per heavy atom. The molecule has 1 amide bonds. The van der Waals surface area contributed by atoms with Gasteiger partial charge in [-0.2, -0.15) is 0 Å². The minimum absolute atomic E-state index is 0.0158. The first-order chi connectivity index (χ1) is 15.4. The molecule has 0 aromatic heterocycles. The standard InChI is InChI=1S/C26H37N5O/c1-19(2)24(31-15-14-21-8-6-7-9-23(21)18-31)17-29-26(27-3)28-16-20-10-12-22(13-11-20)25(32)30(4)5/h6-13,19,24H,14-18H2,1-5H3,(H2,27,28,29). The van der Waals surface area contributed by atoms with Crippen LogP contribution in [0.15, 0.2) is 53.5 Å². The molecule has 6 heteroatoms. The maximum atomic E-state index is 12.0. The third-order valence-electron chi connectivity index (χ3n) is 6.17. The van der Waals surface area contributed by atoms with E-state index in [4.69, 9.17) is 0 Å². The van der Waals surface area contributed by atoms with Crippen LogP contribution in [0.2, 0.25) is 0 Å². The Kier molecular flexibility index (Phi) is 8.28. The van der Waals surface area contributed by atoms with Gasteiger partial charge < -0.3 is 15.5 Å². The smallest absolute Gasteiger partial charge is 0.253 e. The Labute approximate surface area is 192 Å². The number of carbonyl (C=O) groups excluding carboxylic acids is 1. The summed E-state index contributed by atoms with van der Waals surface area (Å²) in [5, 5.41) is 6.92. The highest BCUT2D eigenvalue weighted by atomic mass is 16.2. The Bertz CT molecular complexity index is 920. The SMILES string of the molecule is CN=C(NCc1ccc(C(=O)N(C)C)cc1)NCC(C(C)C)N1CCc2ccccc2C1. The molecule has 0 spiro atoms. The number of fused-ring (bicyclic) bond motifs is 1. The van der Waals surface area contributed by atoms with Gasteiger partial charge in [0, 0.05) is 58.9 Å². The van der Waals surface area contributed by atoms with Crippen molar-refractivity contribution in [2.24, 2.45) is 10.9 Å². The minimum atomic E-state index is 0.0158. The van der Waals surface area contributed by atoms with E-state index in [1.165, 1.54) is 11.1 Å². The second kappa shape index (κ2) is 11.1. The zero-order chi connectivity index (χ0) is 23.1. The van der Waals surface area contributed by atoms with Crippen LogP contribution in [-0.4, -0.2) is 61.9 Å². The van der Waals surface area contributed by atoms with E-state index in [2.05, 4.69) is 58.6 Å². The summed E-state index contributed by atoms with van der Waals surface area (Å²) < 4.78 is 0. The van der Waals surface area contributed by atoms with Gasteiger partial charge in [-0.15, -0.1) is 0 Å². The van der Waals surface area contributed by atoms with E-state index in [9.17, 15) is 4.79 Å². The summed E-state index contributed by atoms with van der Waals surface area (Å²) in [6.45, 7) is 8.17. The first-order valence-electron chi connectivity index (χ1n) is 11.4. The van der Waals surface area contributed by atoms with Crippen molar-refractivity contribution in [2.75, 3.05) is 34.2 Å². The molecule has 1 atom stereocenters. The lowest BCUT2D eigenvalue weighted by atomic mass is 9.95. The Morgan fingerprint density at radius 1 is 1.06 bits per heavy atom. The number of hydrogen-bond acceptors (Lipinski definition) is 3. The molecule has 32 heavy (non-hydrogen) atoms. The first-order valence-corrected chi connectivity index (χ1v) is 11.4. The van der Waals surface area contributed by atoms with E-state index in [0.717, 1.165) is 37.6 Å². The highest BCUT2D eigenvalue weighted by Crippen LogP contribution is 2.22. The molecule has 6 nitrogen and oxygen atoms in total. The molecule has 0 saturated carbocycles. The molecule has 1 heterocycles. The molecule has 0 radical (unpaired) electrons. The van der Waals surface area contributed by atoms with E-state index >= 15 is 0 Å². The molecule has 1 aliphatic heterocycles. The van der Waals surface area contributed by atoms with Crippen molar-refractivity contribution in [3.8, 4) is 0 Å². The summed E-state index contributed by atoms with van der Waals surface area (Å²) in [7, 11) is 5.33. The number of aliphatic imine (C=N–C) groups is 1. The fourth-order valence-electron chi connectivity index (χ4n) is 4.22. The van der Waals surface area contributed by atoms with Crippen LogP contribution in [0, 0.1) is 5.92 Å². The second-order valence-electron chi connectivity index (χ2n) is 9.00. The average molecular weight is 436 g/mol. The van der Waals surface area contributed by atoms with Gasteiger partial charge in [0.25, 0.3) is 5.91 Å². The molecule has 0 aliphatic carbocycles. The summed E-state index contributed by atoms with van der Waals surface area (Å²) >= 11 is 0. The lowest BCUT2D eigenvalue weighted by Gasteiger charge is -2.38. The van der Waals surface area contributed by atoms with E-state index < -0.39 is 0 Å². The lowest BCUT2D eigenvalue weighted by molar-refractivity contribution is 0.0827. The van der Waals surface area contributed by atoms with Crippen molar-refractivity contribution in [1.82, 2.24) is 20.4 Å². The van der Waals surface area contributed by atoms with Crippen molar-refractivity contribution in [3.05, 3.63) is 70.8 Å². The molecule has 2 aromatic carbocycles. The monoisotopic (exact) mass is 435 g/mol. The van der Waals surface area contributed by atoms with Crippen molar-refractivity contribution in [3.63, 3.8) is 0 Å². The van der Waals surface area contributed by atoms with Gasteiger partial charge in [0.1, 0.15) is 0 Å². The number of hydrogen-bond donors (Lipinski definition) is 2. The fourth-order valence-corrected chi connectivity index (χ4v) is 4.22. The Hall–Kier alpha value is -2.86. The third-order valence-corrected chi connectivity index (χ3v) is 6.17. The van der Waals surface area contributed by atoms with Crippen molar-refractivity contribution >= 4 is 11.9 Å². The van der Waals surface area contributed by atoms with Gasteiger partial charge in [-0.3, -0.25) is 14.7 Å². The number of nitrogens with zero attached hydrogens (tertiary/aromatic N) is 3. The zero-order valence-electron chi connectivity index (χ0n) is 20.1. The Morgan fingerprint density at radius 3 is 2.38 bits per heavy atom. The largest absolute Gasteiger partial charge is 0.355 e. The molecule has 2 N–H and O–H groups in total. The first kappa shape index (κ1) is 23.8. The molecule has 0 saturated heterocycles. The average Bonchev–Trinajstić information content (AvgIpc) is 2.80. The van der Waals surface area contributed by atoms with E-state index in [1.807, 2.05) is 24.3 Å². The summed E-state index contributed by atoms with van der Waals surface area (Å²) in [6, 6.07) is 16.9. The molecule has 0 bridgehead atoms. The van der Waals surface area contributed by atoms with Gasteiger partial charge in [-0.1, -0.05) is 50.2 Å². The second-order valence-corrected chi connectivity index (χ2v) is 9.00. The number of guanidine groups is 1. The number of amides is 1. The van der Waals surface area contributed by atoms with Crippen LogP contribution in [0.4, 0.5) is 0 Å². The topological polar surface area (TPSA) is 60.0 Å². The molecular formula is C26H37N5O. The quantitative estimate of drug-likeness (QED) is 0.518. The van der Waals surface area contributed by atoms with Gasteiger partial charge in [-0.25, -0.2) is 0 Å². The van der Waals surface area contributed by atoms with Crippen molar-refractivity contribution in [2.45, 2.75) is 39.4 Å². The Balaban J connectivity index is 1.54. The van der Waals surface area contributed by atoms with Gasteiger partial charge in [0.15, 0.2) is 5.96 Å². The van der Waals surface area contributed by atoms with Crippen molar-refractivity contribution < 1.29 is 4.79 Å². The molecule has 172 valence electrons. The zero-order valence-corrected chi connectivity index (χ0v) is 20.1. The van der Waals surface area contributed by atoms with Crippen LogP contribution < -0.4 is 10.6 Å². The van der Waals surface area contributed by atoms with Gasteiger partial charge in [-0.05, 0) is 41.2 Å². The number of carbonyl (C=O) groups is 1. The van der Waals surface area contributed by atoms with Crippen LogP contribution in [-0.2, 0) is 19.5 Å².